The summed E-state index contributed by atoms with van der Waals surface area (Å²) in [5.74, 6) is -1.26. The second-order valence-electron chi connectivity index (χ2n) is 10.3. The lowest BCUT2D eigenvalue weighted by Crippen LogP contribution is -2.47. The van der Waals surface area contributed by atoms with E-state index in [-0.39, 0.29) is 53.2 Å². The van der Waals surface area contributed by atoms with Gasteiger partial charge < -0.3 is 19.5 Å². The van der Waals surface area contributed by atoms with Crippen molar-refractivity contribution in [3.8, 4) is 6.07 Å². The third-order valence-electron chi connectivity index (χ3n) is 7.48. The molecule has 0 fully saturated rings. The van der Waals surface area contributed by atoms with Crippen molar-refractivity contribution in [2.24, 2.45) is 7.05 Å². The summed E-state index contributed by atoms with van der Waals surface area (Å²) in [6, 6.07) is 11.0. The Hall–Kier alpha value is -4.47. The van der Waals surface area contributed by atoms with E-state index in [0.717, 1.165) is 0 Å². The number of carbonyl (C=O) groups excluding carboxylic acids is 1. The molecule has 0 radical (unpaired) electrons. The molecule has 3 heterocycles. The first-order valence-corrected chi connectivity index (χ1v) is 13.7. The van der Waals surface area contributed by atoms with Crippen LogP contribution in [0.4, 0.5) is 4.39 Å². The van der Waals surface area contributed by atoms with Crippen molar-refractivity contribution >= 4 is 17.5 Å². The van der Waals surface area contributed by atoms with E-state index in [2.05, 4.69) is 21.5 Å². The van der Waals surface area contributed by atoms with Crippen LogP contribution in [-0.4, -0.2) is 53.8 Å². The Balaban J connectivity index is 1.76. The highest BCUT2D eigenvalue weighted by Gasteiger charge is 2.55. The molecule has 2 atom stereocenters. The van der Waals surface area contributed by atoms with E-state index in [9.17, 15) is 20.3 Å². The zero-order valence-electron chi connectivity index (χ0n) is 23.5. The molecule has 0 saturated carbocycles. The van der Waals surface area contributed by atoms with Gasteiger partial charge >= 0.3 is 0 Å². The highest BCUT2D eigenvalue weighted by atomic mass is 35.5. The first kappa shape index (κ1) is 30.0. The van der Waals surface area contributed by atoms with Gasteiger partial charge in [0.05, 0.1) is 48.5 Å². The number of aliphatic hydroxyl groups excluding tert-OH is 1. The number of aromatic nitrogens is 4. The van der Waals surface area contributed by atoms with Gasteiger partial charge in [-0.05, 0) is 41.8 Å². The number of halogens is 2. The summed E-state index contributed by atoms with van der Waals surface area (Å²) in [4.78, 5) is 28.3. The molecule has 1 unspecified atom stereocenters. The quantitative estimate of drug-likeness (QED) is 0.260. The maximum absolute atomic E-state index is 16.6. The fourth-order valence-electron chi connectivity index (χ4n) is 5.22. The van der Waals surface area contributed by atoms with Crippen molar-refractivity contribution in [3.63, 3.8) is 0 Å². The van der Waals surface area contributed by atoms with Crippen LogP contribution in [0.15, 0.2) is 73.5 Å². The molecule has 0 spiro atoms. The van der Waals surface area contributed by atoms with Gasteiger partial charge in [0.2, 0.25) is 5.72 Å². The van der Waals surface area contributed by atoms with Crippen molar-refractivity contribution in [1.82, 2.24) is 24.4 Å². The molecular weight excluding hydrogens is 575 g/mol. The normalized spacial score (nSPS) is 17.4. The Bertz CT molecular complexity index is 1740. The van der Waals surface area contributed by atoms with Crippen LogP contribution in [0, 0.1) is 17.1 Å². The summed E-state index contributed by atoms with van der Waals surface area (Å²) in [6.45, 7) is 4.67. The number of benzene rings is 2. The lowest BCUT2D eigenvalue weighted by atomic mass is 9.84. The average molecular weight is 603 g/mol. The largest absolute Gasteiger partial charge is 0.392 e. The van der Waals surface area contributed by atoms with Gasteiger partial charge in [-0.25, -0.2) is 19.3 Å². The number of aliphatic hydroxyl groups is 2. The molecule has 0 bridgehead atoms. The second kappa shape index (κ2) is 11.7. The number of amides is 1. The maximum atomic E-state index is 16.6. The smallest absolute Gasteiger partial charge is 0.257 e. The summed E-state index contributed by atoms with van der Waals surface area (Å²) < 4.78 is 24.7. The van der Waals surface area contributed by atoms with Crippen LogP contribution < -0.4 is 0 Å². The monoisotopic (exact) mass is 602 g/mol. The molecule has 1 amide bonds. The Labute approximate surface area is 252 Å². The molecular formula is C31H28ClFN6O4. The number of imidazole rings is 1. The van der Waals surface area contributed by atoms with E-state index in [1.54, 1.807) is 49.0 Å². The number of ether oxygens (including phenoxy) is 1. The fourth-order valence-corrected chi connectivity index (χ4v) is 5.35. The summed E-state index contributed by atoms with van der Waals surface area (Å²) >= 11 is 6.19. The fraction of sp³-hybridized carbons (Fsp3) is 0.258. The molecule has 1 aliphatic rings. The second-order valence-corrected chi connectivity index (χ2v) is 10.7. The van der Waals surface area contributed by atoms with Crippen LogP contribution in [0.5, 0.6) is 0 Å². The van der Waals surface area contributed by atoms with Crippen molar-refractivity contribution in [2.45, 2.75) is 31.2 Å². The molecule has 10 nitrogen and oxygen atoms in total. The SMILES string of the molecule is C=C(CO)CO[C@]1(c2ccc(Cl)cc2)c2c(F)cc(C(O)(CC)c3cn(C)cn3)cc2C(=O)N1Cc1ncc(C#N)cn1. The Morgan fingerprint density at radius 3 is 2.51 bits per heavy atom. The van der Waals surface area contributed by atoms with E-state index in [1.807, 2.05) is 6.07 Å². The van der Waals surface area contributed by atoms with Gasteiger partial charge in [0, 0.05) is 36.2 Å². The van der Waals surface area contributed by atoms with Gasteiger partial charge in [0.25, 0.3) is 5.91 Å². The Kier molecular flexibility index (Phi) is 8.14. The van der Waals surface area contributed by atoms with Gasteiger partial charge in [-0.3, -0.25) is 9.69 Å². The minimum atomic E-state index is -1.87. The highest BCUT2D eigenvalue weighted by Crippen LogP contribution is 2.49. The third-order valence-corrected chi connectivity index (χ3v) is 7.73. The zero-order valence-corrected chi connectivity index (χ0v) is 24.2. The lowest BCUT2D eigenvalue weighted by molar-refractivity contribution is -0.107. The number of nitrogens with zero attached hydrogens (tertiary/aromatic N) is 6. The van der Waals surface area contributed by atoms with Crippen LogP contribution in [0.25, 0.3) is 0 Å². The number of fused-ring (bicyclic) bond motifs is 1. The Morgan fingerprint density at radius 1 is 1.23 bits per heavy atom. The molecule has 0 saturated heterocycles. The lowest BCUT2D eigenvalue weighted by Gasteiger charge is -2.39. The molecule has 0 aliphatic carbocycles. The van der Waals surface area contributed by atoms with E-state index in [0.29, 0.717) is 16.3 Å². The minimum absolute atomic E-state index is 0.0454. The van der Waals surface area contributed by atoms with Gasteiger partial charge in [-0.2, -0.15) is 5.26 Å². The number of aryl methyl sites for hydroxylation is 1. The van der Waals surface area contributed by atoms with Crippen LogP contribution >= 0.6 is 11.6 Å². The summed E-state index contributed by atoms with van der Waals surface area (Å²) in [6.07, 6.45) is 5.95. The minimum Gasteiger partial charge on any atom is -0.392 e. The number of hydrogen-bond donors (Lipinski definition) is 2. The standard InChI is InChI=1S/C31H28ClFN6O4/c1-4-30(42,26-14-38(3)18-37-26)22-9-24-28(25(33)10-22)31(43-17-19(2)16-40,21-5-7-23(32)8-6-21)39(29(24)41)15-27-35-12-20(11-34)13-36-27/h5-10,12-14,18,40,42H,2,4,15-17H2,1,3H3/t30?,31-/m1/s1. The first-order valence-electron chi connectivity index (χ1n) is 13.3. The summed E-state index contributed by atoms with van der Waals surface area (Å²) in [7, 11) is 1.75. The van der Waals surface area contributed by atoms with E-state index >= 15 is 4.39 Å². The van der Waals surface area contributed by atoms with E-state index in [1.165, 1.54) is 35.8 Å². The highest BCUT2D eigenvalue weighted by molar-refractivity contribution is 6.30. The zero-order chi connectivity index (χ0) is 30.9. The van der Waals surface area contributed by atoms with Crippen LogP contribution in [0.1, 0.15) is 57.5 Å². The van der Waals surface area contributed by atoms with E-state index < -0.39 is 29.7 Å². The molecule has 2 aromatic heterocycles. The predicted molar refractivity (Wildman–Crippen MR) is 154 cm³/mol. The molecule has 2 N–H and O–H groups in total. The average Bonchev–Trinajstić information content (AvgIpc) is 3.56. The van der Waals surface area contributed by atoms with Crippen molar-refractivity contribution in [3.05, 3.63) is 124 Å². The summed E-state index contributed by atoms with van der Waals surface area (Å²) in [5, 5.41) is 31.0. The molecule has 43 heavy (non-hydrogen) atoms. The van der Waals surface area contributed by atoms with Crippen LogP contribution in [0.2, 0.25) is 5.02 Å². The molecule has 4 aromatic rings. The molecule has 1 aliphatic heterocycles. The topological polar surface area (TPSA) is 137 Å². The van der Waals surface area contributed by atoms with Crippen LogP contribution in [0.3, 0.4) is 0 Å². The van der Waals surface area contributed by atoms with Crippen molar-refractivity contribution in [2.75, 3.05) is 13.2 Å². The maximum Gasteiger partial charge on any atom is 0.257 e. The van der Waals surface area contributed by atoms with Gasteiger partial charge in [0.15, 0.2) is 0 Å². The van der Waals surface area contributed by atoms with Crippen LogP contribution in [-0.2, 0) is 29.7 Å². The summed E-state index contributed by atoms with van der Waals surface area (Å²) in [5.41, 5.74) is -2.40. The molecule has 2 aromatic carbocycles. The Morgan fingerprint density at radius 2 is 1.93 bits per heavy atom. The van der Waals surface area contributed by atoms with Gasteiger partial charge in [0.1, 0.15) is 23.3 Å². The van der Waals surface area contributed by atoms with Gasteiger partial charge in [-0.15, -0.1) is 0 Å². The predicted octanol–water partition coefficient (Wildman–Crippen LogP) is 3.94. The van der Waals surface area contributed by atoms with Crippen molar-refractivity contribution < 1.29 is 24.1 Å². The third kappa shape index (κ3) is 5.19. The molecule has 220 valence electrons. The number of rotatable bonds is 10. The number of nitriles is 1. The van der Waals surface area contributed by atoms with E-state index in [4.69, 9.17) is 16.3 Å². The number of carbonyl (C=O) groups is 1. The molecule has 5 rings (SSSR count). The van der Waals surface area contributed by atoms with Crippen molar-refractivity contribution in [1.29, 1.82) is 5.26 Å². The number of hydrogen-bond acceptors (Lipinski definition) is 8. The molecule has 12 heteroatoms. The first-order chi connectivity index (χ1) is 20.6. The van der Waals surface area contributed by atoms with Gasteiger partial charge in [-0.1, -0.05) is 37.2 Å².